The third kappa shape index (κ3) is 2.56. The Morgan fingerprint density at radius 1 is 1.21 bits per heavy atom. The smallest absolute Gasteiger partial charge is 0.214 e. The average molecular weight is 291 g/mol. The summed E-state index contributed by atoms with van der Waals surface area (Å²) in [6, 6.07) is 9.71. The molecule has 96 valence electrons. The van der Waals surface area contributed by atoms with Gasteiger partial charge in [-0.25, -0.2) is 0 Å². The molecule has 0 unspecified atom stereocenters. The summed E-state index contributed by atoms with van der Waals surface area (Å²) < 4.78 is 5.48. The summed E-state index contributed by atoms with van der Waals surface area (Å²) in [4.78, 5) is 0. The summed E-state index contributed by atoms with van der Waals surface area (Å²) in [6.45, 7) is 0. The van der Waals surface area contributed by atoms with Crippen LogP contribution in [0.1, 0.15) is 5.69 Å². The molecule has 7 nitrogen and oxygen atoms in total. The Hall–Kier alpha value is -2.00. The van der Waals surface area contributed by atoms with Crippen molar-refractivity contribution < 1.29 is 0 Å². The van der Waals surface area contributed by atoms with Gasteiger partial charge in [-0.15, -0.1) is 10.2 Å². The van der Waals surface area contributed by atoms with Gasteiger partial charge in [0, 0.05) is 17.3 Å². The van der Waals surface area contributed by atoms with Crippen molar-refractivity contribution in [3.8, 4) is 5.69 Å². The molecule has 0 aliphatic rings. The predicted octanol–water partition coefficient (Wildman–Crippen LogP) is 1.39. The minimum absolute atomic E-state index is 0.593. The molecule has 0 saturated heterocycles. The fourth-order valence-electron chi connectivity index (χ4n) is 1.45. The monoisotopic (exact) mass is 291 g/mol. The molecule has 0 aliphatic heterocycles. The Labute approximate surface area is 117 Å². The maximum atomic E-state index is 5.75. The van der Waals surface area contributed by atoms with E-state index in [9.17, 15) is 0 Å². The van der Waals surface area contributed by atoms with Crippen LogP contribution in [0.4, 0.5) is 5.00 Å². The highest BCUT2D eigenvalue weighted by Gasteiger charge is 2.11. The number of nitrogens with two attached hydrogens (primary N) is 1. The van der Waals surface area contributed by atoms with Crippen LogP contribution in [0.3, 0.4) is 0 Å². The molecule has 0 atom stereocenters. The third-order valence-corrected chi connectivity index (χ3v) is 3.89. The second kappa shape index (κ2) is 5.33. The largest absolute Gasteiger partial charge is 0.388 e. The summed E-state index contributed by atoms with van der Waals surface area (Å²) in [5.74, 6) is 0.593. The van der Waals surface area contributed by atoms with E-state index in [0.29, 0.717) is 15.9 Å². The number of hydrogen-bond acceptors (Lipinski definition) is 8. The van der Waals surface area contributed by atoms with Crippen molar-refractivity contribution in [2.75, 3.05) is 5.73 Å². The van der Waals surface area contributed by atoms with Crippen LogP contribution in [0.5, 0.6) is 0 Å². The maximum Gasteiger partial charge on any atom is 0.214 e. The Balaban J connectivity index is 1.80. The zero-order valence-corrected chi connectivity index (χ0v) is 11.3. The van der Waals surface area contributed by atoms with Gasteiger partial charge in [0.15, 0.2) is 0 Å². The second-order valence-corrected chi connectivity index (χ2v) is 5.31. The molecule has 2 N–H and O–H groups in total. The number of thioether (sulfide) groups is 1. The Morgan fingerprint density at radius 2 is 2.05 bits per heavy atom. The normalized spacial score (nSPS) is 10.7. The molecule has 0 aliphatic carbocycles. The number of rotatable bonds is 4. The van der Waals surface area contributed by atoms with Crippen LogP contribution in [0.15, 0.2) is 35.5 Å². The summed E-state index contributed by atoms with van der Waals surface area (Å²) >= 11 is 2.66. The van der Waals surface area contributed by atoms with Crippen LogP contribution in [-0.4, -0.2) is 29.8 Å². The number of nitrogen functional groups attached to an aromatic ring is 1. The van der Waals surface area contributed by atoms with Crippen molar-refractivity contribution in [3.05, 3.63) is 36.0 Å². The summed E-state index contributed by atoms with van der Waals surface area (Å²) in [6.07, 6.45) is 0. The van der Waals surface area contributed by atoms with Gasteiger partial charge in [0.25, 0.3) is 0 Å². The molecule has 0 bridgehead atoms. The first-order valence-electron chi connectivity index (χ1n) is 5.38. The Kier molecular flexibility index (Phi) is 3.38. The molecule has 19 heavy (non-hydrogen) atoms. The fourth-order valence-corrected chi connectivity index (χ4v) is 2.82. The van der Waals surface area contributed by atoms with E-state index in [1.807, 2.05) is 30.3 Å². The van der Waals surface area contributed by atoms with Gasteiger partial charge in [0.05, 0.1) is 5.69 Å². The van der Waals surface area contributed by atoms with Gasteiger partial charge in [0.1, 0.15) is 10.7 Å². The second-order valence-electron chi connectivity index (χ2n) is 3.58. The first kappa shape index (κ1) is 12.1. The summed E-state index contributed by atoms with van der Waals surface area (Å²) in [5.41, 5.74) is 7.43. The summed E-state index contributed by atoms with van der Waals surface area (Å²) in [7, 11) is 0. The minimum Gasteiger partial charge on any atom is -0.388 e. The van der Waals surface area contributed by atoms with E-state index in [-0.39, 0.29) is 0 Å². The number of para-hydroxylation sites is 1. The van der Waals surface area contributed by atoms with Crippen LogP contribution >= 0.6 is 23.3 Å². The van der Waals surface area contributed by atoms with Gasteiger partial charge in [-0.05, 0) is 22.6 Å². The highest BCUT2D eigenvalue weighted by molar-refractivity contribution is 7.98. The molecule has 0 spiro atoms. The number of anilines is 1. The first-order chi connectivity index (χ1) is 9.34. The molecule has 0 amide bonds. The molecular formula is C10H9N7S2. The molecule has 0 saturated carbocycles. The Bertz CT molecular complexity index is 663. The van der Waals surface area contributed by atoms with Crippen LogP contribution < -0.4 is 5.73 Å². The Morgan fingerprint density at radius 3 is 2.79 bits per heavy atom. The van der Waals surface area contributed by atoms with Crippen molar-refractivity contribution in [3.63, 3.8) is 0 Å². The third-order valence-electron chi connectivity index (χ3n) is 2.36. The van der Waals surface area contributed by atoms with Gasteiger partial charge in [0.2, 0.25) is 5.16 Å². The lowest BCUT2D eigenvalue weighted by Crippen LogP contribution is -1.99. The van der Waals surface area contributed by atoms with E-state index in [2.05, 4.69) is 25.1 Å². The van der Waals surface area contributed by atoms with Gasteiger partial charge >= 0.3 is 0 Å². The van der Waals surface area contributed by atoms with Crippen LogP contribution in [0.2, 0.25) is 0 Å². The average Bonchev–Trinajstić information content (AvgIpc) is 3.06. The fraction of sp³-hybridized carbons (Fsp3) is 0.100. The summed E-state index contributed by atoms with van der Waals surface area (Å²) in [5, 5.41) is 17.0. The molecule has 3 rings (SSSR count). The van der Waals surface area contributed by atoms with E-state index < -0.39 is 0 Å². The molecule has 0 radical (unpaired) electrons. The van der Waals surface area contributed by atoms with Crippen LogP contribution in [-0.2, 0) is 5.75 Å². The zero-order valence-electron chi connectivity index (χ0n) is 9.67. The van der Waals surface area contributed by atoms with Gasteiger partial charge in [-0.2, -0.15) is 4.68 Å². The van der Waals surface area contributed by atoms with E-state index in [1.165, 1.54) is 23.3 Å². The number of tetrazole rings is 1. The lowest BCUT2D eigenvalue weighted by atomic mass is 10.3. The number of nitrogens with zero attached hydrogens (tertiary/aromatic N) is 6. The topological polar surface area (TPSA) is 95.4 Å². The van der Waals surface area contributed by atoms with E-state index >= 15 is 0 Å². The van der Waals surface area contributed by atoms with Gasteiger partial charge < -0.3 is 5.73 Å². The minimum atomic E-state index is 0.593. The zero-order chi connectivity index (χ0) is 13.1. The van der Waals surface area contributed by atoms with E-state index in [1.54, 1.807) is 4.68 Å². The number of benzene rings is 1. The SMILES string of the molecule is Nc1snnc1CSc1nnnn1-c1ccccc1. The first-order valence-corrected chi connectivity index (χ1v) is 7.14. The quantitative estimate of drug-likeness (QED) is 0.725. The lowest BCUT2D eigenvalue weighted by molar-refractivity contribution is 0.756. The molecule has 2 heterocycles. The van der Waals surface area contributed by atoms with Gasteiger partial charge in [-0.1, -0.05) is 34.4 Å². The standard InChI is InChI=1S/C10H9N7S2/c11-9-8(12-16-19-9)6-18-10-13-14-15-17(10)7-4-2-1-3-5-7/h1-5H,6,11H2. The van der Waals surface area contributed by atoms with Crippen LogP contribution in [0.25, 0.3) is 5.69 Å². The molecule has 9 heteroatoms. The van der Waals surface area contributed by atoms with Crippen molar-refractivity contribution in [1.82, 2.24) is 29.8 Å². The van der Waals surface area contributed by atoms with Crippen molar-refractivity contribution in [2.45, 2.75) is 10.9 Å². The van der Waals surface area contributed by atoms with Gasteiger partial charge in [-0.3, -0.25) is 0 Å². The van der Waals surface area contributed by atoms with Crippen molar-refractivity contribution >= 4 is 28.3 Å². The highest BCUT2D eigenvalue weighted by atomic mass is 32.2. The highest BCUT2D eigenvalue weighted by Crippen LogP contribution is 2.24. The van der Waals surface area contributed by atoms with Crippen molar-refractivity contribution in [2.24, 2.45) is 0 Å². The number of hydrogen-bond donors (Lipinski definition) is 1. The van der Waals surface area contributed by atoms with E-state index in [0.717, 1.165) is 11.4 Å². The molecule has 1 aromatic carbocycles. The molecule has 0 fully saturated rings. The van der Waals surface area contributed by atoms with Crippen LogP contribution in [0, 0.1) is 0 Å². The predicted molar refractivity (Wildman–Crippen MR) is 73.0 cm³/mol. The number of aromatic nitrogens is 6. The maximum absolute atomic E-state index is 5.75. The molecule has 2 aromatic heterocycles. The molecular weight excluding hydrogens is 282 g/mol. The lowest BCUT2D eigenvalue weighted by Gasteiger charge is -2.02. The molecule has 3 aromatic rings. The van der Waals surface area contributed by atoms with Crippen molar-refractivity contribution in [1.29, 1.82) is 0 Å². The van der Waals surface area contributed by atoms with E-state index in [4.69, 9.17) is 5.73 Å².